The van der Waals surface area contributed by atoms with E-state index in [0.717, 1.165) is 23.0 Å². The van der Waals surface area contributed by atoms with Gasteiger partial charge in [0.1, 0.15) is 5.60 Å². The maximum absolute atomic E-state index is 12.1. The van der Waals surface area contributed by atoms with Crippen molar-refractivity contribution >= 4 is 28.7 Å². The number of halogens is 1. The van der Waals surface area contributed by atoms with Crippen molar-refractivity contribution in [2.45, 2.75) is 32.9 Å². The Bertz CT molecular complexity index is 518. The van der Waals surface area contributed by atoms with E-state index >= 15 is 0 Å². The zero-order valence-corrected chi connectivity index (χ0v) is 13.8. The van der Waals surface area contributed by atoms with Gasteiger partial charge in [0.05, 0.1) is 6.67 Å². The van der Waals surface area contributed by atoms with Crippen LogP contribution in [0.15, 0.2) is 24.3 Å². The van der Waals surface area contributed by atoms with Crippen molar-refractivity contribution in [3.8, 4) is 0 Å². The lowest BCUT2D eigenvalue weighted by atomic mass is 10.2. The van der Waals surface area contributed by atoms with E-state index in [4.69, 9.17) is 10.1 Å². The summed E-state index contributed by atoms with van der Waals surface area (Å²) in [6, 6.07) is 7.31. The lowest BCUT2D eigenvalue weighted by Gasteiger charge is -2.19. The molecular formula is C15H22FN3O2S. The van der Waals surface area contributed by atoms with Crippen LogP contribution >= 0.6 is 11.8 Å². The van der Waals surface area contributed by atoms with Crippen LogP contribution < -0.4 is 10.6 Å². The normalized spacial score (nSPS) is 10.9. The second kappa shape index (κ2) is 8.63. The molecule has 0 spiro atoms. The molecule has 0 saturated carbocycles. The summed E-state index contributed by atoms with van der Waals surface area (Å²) in [5.41, 5.74) is 1.06. The molecule has 0 radical (unpaired) electrons. The Balaban J connectivity index is 2.50. The highest BCUT2D eigenvalue weighted by molar-refractivity contribution is 8.14. The van der Waals surface area contributed by atoms with Crippen molar-refractivity contribution in [3.05, 3.63) is 29.8 Å². The van der Waals surface area contributed by atoms with E-state index in [1.165, 1.54) is 0 Å². The average molecular weight is 327 g/mol. The van der Waals surface area contributed by atoms with Gasteiger partial charge in [0.2, 0.25) is 0 Å². The highest BCUT2D eigenvalue weighted by Gasteiger charge is 2.15. The number of nitrogens with one attached hydrogen (secondary N) is 3. The van der Waals surface area contributed by atoms with Gasteiger partial charge in [-0.05, 0) is 38.5 Å². The third kappa shape index (κ3) is 7.87. The standard InChI is InChI=1S/C15H22FN3O2S/c1-15(2,3)21-14(20)18-10-11-5-4-6-12(9-11)19-13(17)22-8-7-16/h4-6,9H,7-8,10H2,1-3H3,(H2,17,19)(H,18,20). The quantitative estimate of drug-likeness (QED) is 0.568. The number of hydrogen-bond donors (Lipinski definition) is 3. The van der Waals surface area contributed by atoms with E-state index in [1.54, 1.807) is 20.8 Å². The van der Waals surface area contributed by atoms with E-state index < -0.39 is 18.4 Å². The Morgan fingerprint density at radius 1 is 1.41 bits per heavy atom. The van der Waals surface area contributed by atoms with Crippen molar-refractivity contribution in [1.29, 1.82) is 5.41 Å². The molecule has 0 atom stereocenters. The van der Waals surface area contributed by atoms with Crippen molar-refractivity contribution < 1.29 is 13.9 Å². The number of alkyl carbamates (subject to hydrolysis) is 1. The van der Waals surface area contributed by atoms with Crippen molar-refractivity contribution in [2.24, 2.45) is 0 Å². The molecule has 22 heavy (non-hydrogen) atoms. The second-order valence-electron chi connectivity index (χ2n) is 5.55. The number of amidine groups is 1. The van der Waals surface area contributed by atoms with Crippen LogP contribution in [0.2, 0.25) is 0 Å². The van der Waals surface area contributed by atoms with Crippen LogP contribution in [0.3, 0.4) is 0 Å². The lowest BCUT2D eigenvalue weighted by molar-refractivity contribution is 0.0523. The molecule has 0 aliphatic rings. The first-order valence-electron chi connectivity index (χ1n) is 6.90. The Morgan fingerprint density at radius 2 is 2.14 bits per heavy atom. The van der Waals surface area contributed by atoms with E-state index in [1.807, 2.05) is 24.3 Å². The number of alkyl halides is 1. The molecule has 1 aromatic rings. The number of thioether (sulfide) groups is 1. The second-order valence-corrected chi connectivity index (χ2v) is 6.65. The number of amides is 1. The summed E-state index contributed by atoms with van der Waals surface area (Å²) in [4.78, 5) is 11.6. The van der Waals surface area contributed by atoms with Gasteiger partial charge in [-0.25, -0.2) is 4.79 Å². The van der Waals surface area contributed by atoms with Crippen LogP contribution in [0.5, 0.6) is 0 Å². The van der Waals surface area contributed by atoms with Crippen LogP contribution in [0.4, 0.5) is 14.9 Å². The first kappa shape index (κ1) is 18.3. The fourth-order valence-corrected chi connectivity index (χ4v) is 2.03. The molecule has 0 aromatic heterocycles. The predicted molar refractivity (Wildman–Crippen MR) is 89.3 cm³/mol. The molecular weight excluding hydrogens is 305 g/mol. The van der Waals surface area contributed by atoms with Crippen molar-refractivity contribution in [3.63, 3.8) is 0 Å². The number of anilines is 1. The van der Waals surface area contributed by atoms with Gasteiger partial charge in [0, 0.05) is 18.0 Å². The summed E-state index contributed by atoms with van der Waals surface area (Å²) in [5, 5.41) is 13.4. The summed E-state index contributed by atoms with van der Waals surface area (Å²) < 4.78 is 17.2. The molecule has 1 rings (SSSR count). The SMILES string of the molecule is CC(C)(C)OC(=O)NCc1cccc(NC(=N)SCCF)c1. The molecule has 1 aromatic carbocycles. The molecule has 1 amide bonds. The largest absolute Gasteiger partial charge is 0.444 e. The smallest absolute Gasteiger partial charge is 0.407 e. The monoisotopic (exact) mass is 327 g/mol. The number of hydrogen-bond acceptors (Lipinski definition) is 4. The fourth-order valence-electron chi connectivity index (χ4n) is 1.56. The third-order valence-electron chi connectivity index (χ3n) is 2.34. The zero-order chi connectivity index (χ0) is 16.6. The van der Waals surface area contributed by atoms with Crippen LogP contribution in [0.1, 0.15) is 26.3 Å². The minimum absolute atomic E-state index is 0.190. The first-order chi connectivity index (χ1) is 10.3. The van der Waals surface area contributed by atoms with Crippen molar-refractivity contribution in [2.75, 3.05) is 17.7 Å². The Hall–Kier alpha value is -1.76. The number of ether oxygens (including phenoxy) is 1. The molecule has 5 nitrogen and oxygen atoms in total. The first-order valence-corrected chi connectivity index (χ1v) is 7.89. The van der Waals surface area contributed by atoms with Gasteiger partial charge in [0.25, 0.3) is 0 Å². The third-order valence-corrected chi connectivity index (χ3v) is 3.09. The zero-order valence-electron chi connectivity index (χ0n) is 13.0. The molecule has 0 aliphatic carbocycles. The van der Waals surface area contributed by atoms with Gasteiger partial charge in [-0.15, -0.1) is 0 Å². The Morgan fingerprint density at radius 3 is 2.77 bits per heavy atom. The predicted octanol–water partition coefficient (Wildman–Crippen LogP) is 3.76. The lowest BCUT2D eigenvalue weighted by Crippen LogP contribution is -2.32. The van der Waals surface area contributed by atoms with E-state index in [2.05, 4.69) is 10.6 Å². The number of benzene rings is 1. The van der Waals surface area contributed by atoms with Crippen LogP contribution in [-0.2, 0) is 11.3 Å². The summed E-state index contributed by atoms with van der Waals surface area (Å²) in [7, 11) is 0. The molecule has 0 fully saturated rings. The summed E-state index contributed by atoms with van der Waals surface area (Å²) in [5.74, 6) is 0.256. The maximum atomic E-state index is 12.1. The minimum Gasteiger partial charge on any atom is -0.444 e. The number of carbonyl (C=O) groups excluding carboxylic acids is 1. The molecule has 0 saturated heterocycles. The summed E-state index contributed by atoms with van der Waals surface area (Å²) in [6.07, 6.45) is -0.475. The fraction of sp³-hybridized carbons (Fsp3) is 0.467. The van der Waals surface area contributed by atoms with Gasteiger partial charge in [0.15, 0.2) is 5.17 Å². The molecule has 0 aliphatic heterocycles. The minimum atomic E-state index is -0.532. The number of rotatable bonds is 5. The van der Waals surface area contributed by atoms with Gasteiger partial charge >= 0.3 is 6.09 Å². The van der Waals surface area contributed by atoms with Gasteiger partial charge < -0.3 is 15.4 Å². The Labute approximate surface area is 134 Å². The topological polar surface area (TPSA) is 74.2 Å². The highest BCUT2D eigenvalue weighted by Crippen LogP contribution is 2.14. The molecule has 122 valence electrons. The Kier molecular flexibility index (Phi) is 7.17. The van der Waals surface area contributed by atoms with Gasteiger partial charge in [-0.2, -0.15) is 0 Å². The van der Waals surface area contributed by atoms with E-state index in [-0.39, 0.29) is 10.9 Å². The summed E-state index contributed by atoms with van der Waals surface area (Å²) >= 11 is 1.11. The van der Waals surface area contributed by atoms with E-state index in [9.17, 15) is 9.18 Å². The molecule has 0 unspecified atom stereocenters. The van der Waals surface area contributed by atoms with Crippen molar-refractivity contribution in [1.82, 2.24) is 5.32 Å². The number of carbonyl (C=O) groups is 1. The molecule has 3 N–H and O–H groups in total. The molecule has 7 heteroatoms. The molecule has 0 heterocycles. The van der Waals surface area contributed by atoms with Crippen LogP contribution in [-0.4, -0.2) is 29.3 Å². The maximum Gasteiger partial charge on any atom is 0.407 e. The van der Waals surface area contributed by atoms with Crippen LogP contribution in [0.25, 0.3) is 0 Å². The van der Waals surface area contributed by atoms with Gasteiger partial charge in [-0.1, -0.05) is 23.9 Å². The summed E-state index contributed by atoms with van der Waals surface area (Å²) in [6.45, 7) is 5.28. The van der Waals surface area contributed by atoms with Gasteiger partial charge in [-0.3, -0.25) is 9.80 Å². The molecule has 0 bridgehead atoms. The average Bonchev–Trinajstić information content (AvgIpc) is 2.41. The highest BCUT2D eigenvalue weighted by atomic mass is 32.2. The van der Waals surface area contributed by atoms with Crippen LogP contribution in [0, 0.1) is 5.41 Å². The van der Waals surface area contributed by atoms with E-state index in [0.29, 0.717) is 6.54 Å².